The Balaban J connectivity index is 1.85. The second-order valence-electron chi connectivity index (χ2n) is 7.18. The first-order valence-electron chi connectivity index (χ1n) is 8.70. The maximum atomic E-state index is 5.53. The van der Waals surface area contributed by atoms with Gasteiger partial charge in [-0.3, -0.25) is 0 Å². The summed E-state index contributed by atoms with van der Waals surface area (Å²) in [5.41, 5.74) is 3.69. The van der Waals surface area contributed by atoms with Crippen LogP contribution in [0.2, 0.25) is 0 Å². The van der Waals surface area contributed by atoms with Gasteiger partial charge in [-0.05, 0) is 67.8 Å². The van der Waals surface area contributed by atoms with Crippen LogP contribution in [0.1, 0.15) is 43.2 Å². The minimum Gasteiger partial charge on any atom is -0.497 e. The highest BCUT2D eigenvalue weighted by molar-refractivity contribution is 6.08. The predicted octanol–water partition coefficient (Wildman–Crippen LogP) is 2.34. The monoisotopic (exact) mass is 283 g/mol. The summed E-state index contributed by atoms with van der Waals surface area (Å²) in [5, 5.41) is 0. The van der Waals surface area contributed by atoms with Gasteiger partial charge in [0.05, 0.1) is 7.11 Å². The highest BCUT2D eigenvalue weighted by Crippen LogP contribution is 2.56. The minimum atomic E-state index is 0.455. The molecule has 2 bridgehead atoms. The van der Waals surface area contributed by atoms with Gasteiger partial charge in [-0.15, -0.1) is 0 Å². The summed E-state index contributed by atoms with van der Waals surface area (Å²) in [4.78, 5) is 2.75. The molecule has 1 saturated heterocycles. The van der Waals surface area contributed by atoms with Crippen LogP contribution in [0.3, 0.4) is 0 Å². The third-order valence-electron chi connectivity index (χ3n) is 6.57. The number of piperidine rings is 1. The van der Waals surface area contributed by atoms with Crippen LogP contribution in [-0.2, 0) is 11.8 Å². The number of ether oxygens (including phenoxy) is 1. The predicted molar refractivity (Wildman–Crippen MR) is 88.9 cm³/mol. The van der Waals surface area contributed by atoms with Crippen molar-refractivity contribution in [3.63, 3.8) is 0 Å². The second kappa shape index (κ2) is 5.05. The van der Waals surface area contributed by atoms with Crippen LogP contribution in [-0.4, -0.2) is 38.9 Å². The Labute approximate surface area is 129 Å². The number of benzene rings is 1. The molecule has 0 N–H and O–H groups in total. The van der Waals surface area contributed by atoms with Crippen molar-refractivity contribution in [1.29, 1.82) is 0 Å². The lowest BCUT2D eigenvalue weighted by Gasteiger charge is -2.59. The van der Waals surface area contributed by atoms with Crippen LogP contribution in [0.15, 0.2) is 18.2 Å². The molecule has 1 aromatic carbocycles. The van der Waals surface area contributed by atoms with Crippen molar-refractivity contribution in [3.8, 4) is 5.75 Å². The molecule has 0 radical (unpaired) electrons. The van der Waals surface area contributed by atoms with E-state index < -0.39 is 0 Å². The summed E-state index contributed by atoms with van der Waals surface area (Å²) in [6, 6.07) is 7.65. The molecule has 3 heteroatoms. The first-order chi connectivity index (χ1) is 10.3. The van der Waals surface area contributed by atoms with E-state index in [1.165, 1.54) is 51.5 Å². The molecule has 1 saturated carbocycles. The molecule has 0 spiro atoms. The molecule has 3 aliphatic rings. The van der Waals surface area contributed by atoms with Gasteiger partial charge in [0, 0.05) is 11.5 Å². The van der Waals surface area contributed by atoms with Gasteiger partial charge in [-0.1, -0.05) is 18.9 Å². The second-order valence-corrected chi connectivity index (χ2v) is 7.18. The molecular weight excluding hydrogens is 257 g/mol. The van der Waals surface area contributed by atoms with Crippen molar-refractivity contribution in [3.05, 3.63) is 29.3 Å². The van der Waals surface area contributed by atoms with Crippen LogP contribution in [0, 0.1) is 5.92 Å². The number of hydrogen-bond acceptors (Lipinski definition) is 2. The molecule has 1 aliphatic heterocycles. The maximum absolute atomic E-state index is 5.53. The lowest BCUT2D eigenvalue weighted by atomic mass is 9.52. The van der Waals surface area contributed by atoms with E-state index in [4.69, 9.17) is 4.74 Å². The van der Waals surface area contributed by atoms with Crippen LogP contribution < -0.4 is 4.74 Å². The molecule has 21 heavy (non-hydrogen) atoms. The van der Waals surface area contributed by atoms with Gasteiger partial charge < -0.3 is 9.64 Å². The quantitative estimate of drug-likeness (QED) is 0.773. The molecule has 112 valence electrons. The first kappa shape index (κ1) is 13.7. The molecule has 3 atom stereocenters. The Bertz CT molecular complexity index is 546. The third-order valence-corrected chi connectivity index (χ3v) is 6.57. The van der Waals surface area contributed by atoms with Gasteiger partial charge in [0.15, 0.2) is 0 Å². The number of rotatable bonds is 2. The van der Waals surface area contributed by atoms with Crippen molar-refractivity contribution >= 4 is 7.85 Å². The molecule has 1 unspecified atom stereocenters. The van der Waals surface area contributed by atoms with Crippen LogP contribution in [0.25, 0.3) is 0 Å². The smallest absolute Gasteiger partial charge is 0.119 e. The van der Waals surface area contributed by atoms with Gasteiger partial charge in [-0.2, -0.15) is 0 Å². The van der Waals surface area contributed by atoms with E-state index in [0.29, 0.717) is 5.41 Å². The van der Waals surface area contributed by atoms with Crippen LogP contribution in [0.5, 0.6) is 5.75 Å². The zero-order valence-electron chi connectivity index (χ0n) is 13.4. The molecule has 4 rings (SSSR count). The number of likely N-dealkylation sites (tertiary alicyclic amines) is 1. The van der Waals surface area contributed by atoms with E-state index in [-0.39, 0.29) is 0 Å². The van der Waals surface area contributed by atoms with Crippen LogP contribution >= 0.6 is 0 Å². The van der Waals surface area contributed by atoms with Crippen molar-refractivity contribution in [1.82, 2.24) is 4.90 Å². The fraction of sp³-hybridized carbons (Fsp3) is 0.667. The number of methoxy groups -OCH3 is 1. The van der Waals surface area contributed by atoms with E-state index in [1.807, 2.05) is 0 Å². The van der Waals surface area contributed by atoms with E-state index in [0.717, 1.165) is 17.7 Å². The number of nitrogens with zero attached hydrogens (tertiary/aromatic N) is 1. The Kier molecular flexibility index (Phi) is 3.29. The average Bonchev–Trinajstić information content (AvgIpc) is 2.54. The summed E-state index contributed by atoms with van der Waals surface area (Å²) < 4.78 is 5.53. The largest absolute Gasteiger partial charge is 0.497 e. The Morgan fingerprint density at radius 2 is 2.24 bits per heavy atom. The zero-order chi connectivity index (χ0) is 14.4. The van der Waals surface area contributed by atoms with Crippen LogP contribution in [0.4, 0.5) is 0 Å². The Morgan fingerprint density at radius 1 is 1.33 bits per heavy atom. The van der Waals surface area contributed by atoms with Gasteiger partial charge in [-0.25, -0.2) is 0 Å². The van der Waals surface area contributed by atoms with E-state index in [1.54, 1.807) is 18.2 Å². The molecular formula is C18H26BNO. The van der Waals surface area contributed by atoms with Crippen molar-refractivity contribution < 1.29 is 4.74 Å². The molecule has 1 heterocycles. The van der Waals surface area contributed by atoms with Crippen molar-refractivity contribution in [2.45, 2.75) is 50.0 Å². The molecule has 0 aromatic heterocycles. The summed E-state index contributed by atoms with van der Waals surface area (Å²) in [6.45, 7) is 1.29. The first-order valence-corrected chi connectivity index (χ1v) is 8.70. The maximum Gasteiger partial charge on any atom is 0.119 e. The highest BCUT2D eigenvalue weighted by atomic mass is 16.5. The molecule has 2 fully saturated rings. The lowest BCUT2D eigenvalue weighted by molar-refractivity contribution is -0.00163. The summed E-state index contributed by atoms with van der Waals surface area (Å²) in [6.07, 6.45) is 9.47. The number of fused-ring (bicyclic) bond motifs is 1. The van der Waals surface area contributed by atoms with E-state index in [2.05, 4.69) is 30.9 Å². The fourth-order valence-electron chi connectivity index (χ4n) is 5.58. The SMILES string of the molecule is BCN1CC[C@@]23CCCCC2[C@@H]1Cc1ccc(OC)cc13. The van der Waals surface area contributed by atoms with E-state index >= 15 is 0 Å². The Morgan fingerprint density at radius 3 is 3.05 bits per heavy atom. The zero-order valence-corrected chi connectivity index (χ0v) is 13.4. The van der Waals surface area contributed by atoms with Crippen molar-refractivity contribution in [2.24, 2.45) is 5.92 Å². The molecule has 2 aliphatic carbocycles. The summed E-state index contributed by atoms with van der Waals surface area (Å²) >= 11 is 0. The van der Waals surface area contributed by atoms with Gasteiger partial charge in [0.25, 0.3) is 0 Å². The Hall–Kier alpha value is -0.955. The third kappa shape index (κ3) is 1.89. The molecule has 1 aromatic rings. The highest BCUT2D eigenvalue weighted by Gasteiger charge is 2.53. The average molecular weight is 283 g/mol. The minimum absolute atomic E-state index is 0.455. The summed E-state index contributed by atoms with van der Waals surface area (Å²) in [5.74, 6) is 1.92. The van der Waals surface area contributed by atoms with Gasteiger partial charge in [0.1, 0.15) is 13.6 Å². The van der Waals surface area contributed by atoms with E-state index in [9.17, 15) is 0 Å². The van der Waals surface area contributed by atoms with Gasteiger partial charge >= 0.3 is 0 Å². The lowest BCUT2D eigenvalue weighted by Crippen LogP contribution is -2.61. The fourth-order valence-corrected chi connectivity index (χ4v) is 5.58. The normalized spacial score (nSPS) is 34.9. The topological polar surface area (TPSA) is 12.5 Å². The van der Waals surface area contributed by atoms with Gasteiger partial charge in [0.2, 0.25) is 0 Å². The standard InChI is InChI=1S/C18H26BNO/c1-21-14-6-5-13-10-17-15-4-2-3-7-18(15,16(13)11-14)8-9-20(17)12-19/h5-6,11,15,17H,2-4,7-10,12,19H2,1H3/t15?,17-,18-/m0/s1. The molecule has 2 nitrogen and oxygen atoms in total. The molecule has 0 amide bonds. The number of hydrogen-bond donors (Lipinski definition) is 0. The summed E-state index contributed by atoms with van der Waals surface area (Å²) in [7, 11) is 4.13. The van der Waals surface area contributed by atoms with Crippen molar-refractivity contribution in [2.75, 3.05) is 20.1 Å².